The van der Waals surface area contributed by atoms with Gasteiger partial charge in [-0.05, 0) is 48.4 Å². The number of hydrogen-bond acceptors (Lipinski definition) is 4. The molecule has 0 atom stereocenters. The van der Waals surface area contributed by atoms with Crippen molar-refractivity contribution in [2.45, 2.75) is 37.5 Å². The molecule has 28 heavy (non-hydrogen) atoms. The second-order valence-corrected chi connectivity index (χ2v) is 9.63. The van der Waals surface area contributed by atoms with Crippen molar-refractivity contribution in [2.24, 2.45) is 5.14 Å². The van der Waals surface area contributed by atoms with E-state index in [0.717, 1.165) is 38.2 Å². The van der Waals surface area contributed by atoms with Crippen LogP contribution >= 0.6 is 0 Å². The number of sulfonamides is 1. The molecule has 2 aliphatic heterocycles. The molecule has 0 amide bonds. The van der Waals surface area contributed by atoms with Crippen molar-refractivity contribution in [1.29, 1.82) is 0 Å². The van der Waals surface area contributed by atoms with Crippen LogP contribution in [0.5, 0.6) is 0 Å². The Morgan fingerprint density at radius 1 is 0.929 bits per heavy atom. The number of nitrogens with zero attached hydrogens (tertiary/aromatic N) is 2. The van der Waals surface area contributed by atoms with Gasteiger partial charge < -0.3 is 9.80 Å². The third-order valence-corrected chi connectivity index (χ3v) is 6.76. The van der Waals surface area contributed by atoms with E-state index >= 15 is 0 Å². The van der Waals surface area contributed by atoms with Crippen molar-refractivity contribution in [1.82, 2.24) is 4.90 Å². The third kappa shape index (κ3) is 4.74. The Balaban J connectivity index is 1.25. The van der Waals surface area contributed by atoms with E-state index in [1.165, 1.54) is 36.1 Å². The minimum absolute atomic E-state index is 0.0968. The molecule has 0 spiro atoms. The van der Waals surface area contributed by atoms with Gasteiger partial charge >= 0.3 is 0 Å². The van der Waals surface area contributed by atoms with Gasteiger partial charge in [0.1, 0.15) is 0 Å². The summed E-state index contributed by atoms with van der Waals surface area (Å²) < 4.78 is 22.4. The highest BCUT2D eigenvalue weighted by Gasteiger charge is 2.28. The summed E-state index contributed by atoms with van der Waals surface area (Å²) in [6, 6.07) is 17.3. The number of primary sulfonamides is 1. The van der Waals surface area contributed by atoms with Crippen LogP contribution in [0, 0.1) is 0 Å². The number of nitrogens with two attached hydrogens (primary N) is 1. The van der Waals surface area contributed by atoms with Crippen LogP contribution in [0.1, 0.15) is 29.5 Å². The quantitative estimate of drug-likeness (QED) is 0.811. The first-order valence-electron chi connectivity index (χ1n) is 10.1. The normalized spacial score (nSPS) is 18.4. The van der Waals surface area contributed by atoms with Crippen molar-refractivity contribution in [3.05, 3.63) is 65.2 Å². The first-order chi connectivity index (χ1) is 13.5. The van der Waals surface area contributed by atoms with E-state index < -0.39 is 10.0 Å². The fraction of sp³-hybridized carbons (Fsp3) is 0.455. The number of anilines is 1. The summed E-state index contributed by atoms with van der Waals surface area (Å²) in [4.78, 5) is 5.17. The van der Waals surface area contributed by atoms with E-state index in [9.17, 15) is 8.42 Å². The topological polar surface area (TPSA) is 66.6 Å². The molecule has 2 aromatic carbocycles. The largest absolute Gasteiger partial charge is 0.368 e. The lowest BCUT2D eigenvalue weighted by Crippen LogP contribution is -2.44. The average Bonchev–Trinajstić information content (AvgIpc) is 3.11. The Hall–Kier alpha value is -1.89. The van der Waals surface area contributed by atoms with Gasteiger partial charge in [-0.15, -0.1) is 0 Å². The third-order valence-electron chi connectivity index (χ3n) is 6.03. The highest BCUT2D eigenvalue weighted by Crippen LogP contribution is 2.32. The maximum atomic E-state index is 11.2. The van der Waals surface area contributed by atoms with Crippen LogP contribution in [0.25, 0.3) is 0 Å². The van der Waals surface area contributed by atoms with Crippen LogP contribution < -0.4 is 10.0 Å². The summed E-state index contributed by atoms with van der Waals surface area (Å²) in [7, 11) is -3.46. The van der Waals surface area contributed by atoms with Crippen molar-refractivity contribution in [3.63, 3.8) is 0 Å². The molecule has 0 radical (unpaired) electrons. The first-order valence-corrected chi connectivity index (χ1v) is 11.8. The van der Waals surface area contributed by atoms with Crippen LogP contribution in [0.2, 0.25) is 0 Å². The molecule has 2 aliphatic rings. The molecule has 2 heterocycles. The van der Waals surface area contributed by atoms with E-state index in [1.54, 1.807) is 0 Å². The van der Waals surface area contributed by atoms with Gasteiger partial charge in [0.15, 0.2) is 0 Å². The van der Waals surface area contributed by atoms with Gasteiger partial charge in [-0.1, -0.05) is 42.5 Å². The highest BCUT2D eigenvalue weighted by molar-refractivity contribution is 7.88. The van der Waals surface area contributed by atoms with Gasteiger partial charge in [-0.2, -0.15) is 0 Å². The molecule has 0 unspecified atom stereocenters. The smallest absolute Gasteiger partial charge is 0.213 e. The van der Waals surface area contributed by atoms with Crippen molar-refractivity contribution in [3.8, 4) is 0 Å². The van der Waals surface area contributed by atoms with Crippen LogP contribution in [0.3, 0.4) is 0 Å². The van der Waals surface area contributed by atoms with Crippen molar-refractivity contribution >= 4 is 15.7 Å². The molecular formula is C22H29N3O2S. The molecule has 6 heteroatoms. The Morgan fingerprint density at radius 3 is 2.32 bits per heavy atom. The second kappa shape index (κ2) is 8.23. The molecule has 4 rings (SSSR count). The number of piperidine rings is 1. The molecule has 5 nitrogen and oxygen atoms in total. The standard InChI is InChI=1S/C22H29N3O2S/c23-28(26,27)17-19-7-5-18(6-8-19)9-13-24-14-11-21(12-15-24)25-16-10-20-3-1-2-4-22(20)25/h1-8,21H,9-17H2,(H2,23,26,27). The van der Waals surface area contributed by atoms with Crippen LogP contribution in [0.15, 0.2) is 48.5 Å². The molecule has 1 fully saturated rings. The lowest BCUT2D eigenvalue weighted by molar-refractivity contribution is 0.212. The lowest BCUT2D eigenvalue weighted by atomic mass is 10.0. The Bertz CT molecular complexity index is 904. The minimum Gasteiger partial charge on any atom is -0.368 e. The van der Waals surface area contributed by atoms with Crippen LogP contribution in [-0.2, 0) is 28.6 Å². The van der Waals surface area contributed by atoms with Crippen molar-refractivity contribution < 1.29 is 8.42 Å². The summed E-state index contributed by atoms with van der Waals surface area (Å²) >= 11 is 0. The van der Waals surface area contributed by atoms with E-state index in [0.29, 0.717) is 6.04 Å². The van der Waals surface area contributed by atoms with Gasteiger partial charge in [-0.25, -0.2) is 13.6 Å². The number of benzene rings is 2. The minimum atomic E-state index is -3.46. The molecule has 2 aromatic rings. The van der Waals surface area contributed by atoms with Gasteiger partial charge in [0.25, 0.3) is 0 Å². The van der Waals surface area contributed by atoms with Gasteiger partial charge in [-0.3, -0.25) is 0 Å². The molecular weight excluding hydrogens is 370 g/mol. The Morgan fingerprint density at radius 2 is 1.61 bits per heavy atom. The summed E-state index contributed by atoms with van der Waals surface area (Å²) in [5, 5.41) is 5.11. The Kier molecular flexibility index (Phi) is 5.71. The number of fused-ring (bicyclic) bond motifs is 1. The zero-order valence-electron chi connectivity index (χ0n) is 16.3. The van der Waals surface area contributed by atoms with Gasteiger partial charge in [0.2, 0.25) is 10.0 Å². The number of hydrogen-bond donors (Lipinski definition) is 1. The maximum absolute atomic E-state index is 11.2. The monoisotopic (exact) mass is 399 g/mol. The fourth-order valence-electron chi connectivity index (χ4n) is 4.52. The number of likely N-dealkylation sites (tertiary alicyclic amines) is 1. The molecule has 0 aromatic heterocycles. The van der Waals surface area contributed by atoms with Gasteiger partial charge in [0, 0.05) is 37.9 Å². The first kappa shape index (κ1) is 19.4. The Labute approximate surface area is 168 Å². The lowest BCUT2D eigenvalue weighted by Gasteiger charge is -2.38. The zero-order chi connectivity index (χ0) is 19.6. The molecule has 2 N–H and O–H groups in total. The summed E-state index contributed by atoms with van der Waals surface area (Å²) in [5.41, 5.74) is 4.93. The van der Waals surface area contributed by atoms with Crippen LogP contribution in [-0.4, -0.2) is 45.5 Å². The maximum Gasteiger partial charge on any atom is 0.213 e. The molecule has 0 saturated carbocycles. The molecule has 0 bridgehead atoms. The fourth-order valence-corrected chi connectivity index (χ4v) is 5.18. The van der Waals surface area contributed by atoms with Gasteiger partial charge in [0.05, 0.1) is 5.75 Å². The van der Waals surface area contributed by atoms with E-state index in [4.69, 9.17) is 5.14 Å². The highest BCUT2D eigenvalue weighted by atomic mass is 32.2. The van der Waals surface area contributed by atoms with E-state index in [-0.39, 0.29) is 5.75 Å². The summed E-state index contributed by atoms with van der Waals surface area (Å²) in [5.74, 6) is -0.0968. The number of para-hydroxylation sites is 1. The molecule has 0 aliphatic carbocycles. The second-order valence-electron chi connectivity index (χ2n) is 8.02. The molecule has 150 valence electrons. The summed E-state index contributed by atoms with van der Waals surface area (Å²) in [6.45, 7) is 4.51. The van der Waals surface area contributed by atoms with E-state index in [1.807, 2.05) is 24.3 Å². The average molecular weight is 400 g/mol. The van der Waals surface area contributed by atoms with E-state index in [2.05, 4.69) is 34.1 Å². The SMILES string of the molecule is NS(=O)(=O)Cc1ccc(CCN2CCC(N3CCc4ccccc43)CC2)cc1. The van der Waals surface area contributed by atoms with Crippen molar-refractivity contribution in [2.75, 3.05) is 31.1 Å². The van der Waals surface area contributed by atoms with Crippen LogP contribution in [0.4, 0.5) is 5.69 Å². The predicted octanol–water partition coefficient (Wildman–Crippen LogP) is 2.54. The molecule has 1 saturated heterocycles. The number of rotatable bonds is 6. The zero-order valence-corrected chi connectivity index (χ0v) is 17.1. The summed E-state index contributed by atoms with van der Waals surface area (Å²) in [6.07, 6.45) is 4.62. The predicted molar refractivity (Wildman–Crippen MR) is 114 cm³/mol.